The summed E-state index contributed by atoms with van der Waals surface area (Å²) in [6, 6.07) is 2.78. The van der Waals surface area contributed by atoms with Crippen molar-refractivity contribution in [2.45, 2.75) is 45.1 Å². The second-order valence-electron chi connectivity index (χ2n) is 7.19. The molecular formula is C19H26N4OS. The molecule has 5 nitrogen and oxygen atoms in total. The molecule has 0 bridgehead atoms. The molecule has 0 radical (unpaired) electrons. The molecule has 0 aromatic carbocycles. The summed E-state index contributed by atoms with van der Waals surface area (Å²) in [5.41, 5.74) is 4.10. The molecule has 3 heterocycles. The number of nitrogens with one attached hydrogen (secondary N) is 1. The molecule has 1 unspecified atom stereocenters. The van der Waals surface area contributed by atoms with Crippen molar-refractivity contribution in [3.05, 3.63) is 27.6 Å². The Balaban J connectivity index is 1.44. The molecule has 2 aromatic heterocycles. The Kier molecular flexibility index (Phi) is 4.65. The van der Waals surface area contributed by atoms with Crippen LogP contribution in [0.1, 0.15) is 47.1 Å². The van der Waals surface area contributed by atoms with Gasteiger partial charge in [-0.2, -0.15) is 5.10 Å². The average molecular weight is 359 g/mol. The Labute approximate surface area is 153 Å². The maximum atomic E-state index is 12.7. The van der Waals surface area contributed by atoms with Gasteiger partial charge in [-0.25, -0.2) is 0 Å². The fourth-order valence-corrected chi connectivity index (χ4v) is 5.07. The van der Waals surface area contributed by atoms with Gasteiger partial charge in [-0.3, -0.25) is 14.4 Å². The number of aryl methyl sites for hydroxylation is 2. The van der Waals surface area contributed by atoms with Gasteiger partial charge >= 0.3 is 0 Å². The lowest BCUT2D eigenvalue weighted by Gasteiger charge is -2.33. The molecule has 0 spiro atoms. The zero-order valence-corrected chi connectivity index (χ0v) is 15.9. The Morgan fingerprint density at radius 2 is 2.28 bits per heavy atom. The first kappa shape index (κ1) is 16.8. The van der Waals surface area contributed by atoms with Crippen LogP contribution in [0.2, 0.25) is 0 Å². The Bertz CT molecular complexity index is 778. The van der Waals surface area contributed by atoms with Crippen molar-refractivity contribution in [3.8, 4) is 11.3 Å². The van der Waals surface area contributed by atoms with Crippen molar-refractivity contribution in [3.63, 3.8) is 0 Å². The molecule has 1 fully saturated rings. The number of carbonyl (C=O) groups is 1. The molecule has 2 aromatic rings. The van der Waals surface area contributed by atoms with Crippen molar-refractivity contribution >= 4 is 17.2 Å². The predicted molar refractivity (Wildman–Crippen MR) is 101 cm³/mol. The summed E-state index contributed by atoms with van der Waals surface area (Å²) < 4.78 is 1.88. The fraction of sp³-hybridized carbons (Fsp3) is 0.579. The summed E-state index contributed by atoms with van der Waals surface area (Å²) in [5, 5.41) is 9.77. The van der Waals surface area contributed by atoms with E-state index in [4.69, 9.17) is 0 Å². The van der Waals surface area contributed by atoms with Crippen molar-refractivity contribution < 1.29 is 4.79 Å². The van der Waals surface area contributed by atoms with E-state index in [-0.39, 0.29) is 5.91 Å². The van der Waals surface area contributed by atoms with Gasteiger partial charge in [0, 0.05) is 42.2 Å². The summed E-state index contributed by atoms with van der Waals surface area (Å²) in [5.74, 6) is -0.0276. The van der Waals surface area contributed by atoms with Crippen molar-refractivity contribution in [1.29, 1.82) is 0 Å². The fourth-order valence-electron chi connectivity index (χ4n) is 4.19. The summed E-state index contributed by atoms with van der Waals surface area (Å²) in [4.78, 5) is 16.6. The summed E-state index contributed by atoms with van der Waals surface area (Å²) in [6.07, 6.45) is 5.79. The van der Waals surface area contributed by atoms with Crippen LogP contribution in [0.5, 0.6) is 0 Å². The Morgan fingerprint density at radius 1 is 1.40 bits per heavy atom. The molecule has 1 saturated heterocycles. The first-order valence-electron chi connectivity index (χ1n) is 9.30. The lowest BCUT2D eigenvalue weighted by molar-refractivity contribution is 0.0932. The van der Waals surface area contributed by atoms with Crippen LogP contribution in [0.3, 0.4) is 0 Å². The SMILES string of the molecule is CC1CCCCN1CCNC(=O)c1nn(C)c2c1CCc1sccc1-2. The normalized spacial score (nSPS) is 20.2. The minimum atomic E-state index is -0.0276. The van der Waals surface area contributed by atoms with Gasteiger partial charge in [-0.1, -0.05) is 6.42 Å². The monoisotopic (exact) mass is 358 g/mol. The molecular weight excluding hydrogens is 332 g/mol. The summed E-state index contributed by atoms with van der Waals surface area (Å²) in [6.45, 7) is 5.06. The Hall–Kier alpha value is -1.66. The smallest absolute Gasteiger partial charge is 0.272 e. The highest BCUT2D eigenvalue weighted by Gasteiger charge is 2.27. The van der Waals surface area contributed by atoms with Crippen LogP contribution in [0.4, 0.5) is 0 Å². The number of nitrogens with zero attached hydrogens (tertiary/aromatic N) is 3. The zero-order valence-electron chi connectivity index (χ0n) is 15.0. The molecule has 1 N–H and O–H groups in total. The van der Waals surface area contributed by atoms with E-state index < -0.39 is 0 Å². The van der Waals surface area contributed by atoms with E-state index in [1.807, 2.05) is 11.7 Å². The lowest BCUT2D eigenvalue weighted by Crippen LogP contribution is -2.42. The standard InChI is InChI=1S/C19H26N4OS/c1-13-5-3-4-10-23(13)11-9-20-19(24)17-15-6-7-16-14(8-12-25-16)18(15)22(2)21-17/h8,12-13H,3-7,9-11H2,1-2H3,(H,20,24). The van der Waals surface area contributed by atoms with Crippen molar-refractivity contribution in [1.82, 2.24) is 20.0 Å². The molecule has 25 heavy (non-hydrogen) atoms. The van der Waals surface area contributed by atoms with Gasteiger partial charge in [0.25, 0.3) is 5.91 Å². The molecule has 6 heteroatoms. The van der Waals surface area contributed by atoms with Crippen molar-refractivity contribution in [2.24, 2.45) is 7.05 Å². The second-order valence-corrected chi connectivity index (χ2v) is 8.19. The number of fused-ring (bicyclic) bond motifs is 3. The summed E-state index contributed by atoms with van der Waals surface area (Å²) >= 11 is 1.80. The maximum absolute atomic E-state index is 12.7. The predicted octanol–water partition coefficient (Wildman–Crippen LogP) is 2.85. The van der Waals surface area contributed by atoms with E-state index >= 15 is 0 Å². The third-order valence-electron chi connectivity index (χ3n) is 5.59. The molecule has 1 amide bonds. The van der Waals surface area contributed by atoms with Gasteiger partial charge in [-0.15, -0.1) is 11.3 Å². The van der Waals surface area contributed by atoms with Gasteiger partial charge < -0.3 is 5.32 Å². The minimum Gasteiger partial charge on any atom is -0.349 e. The van der Waals surface area contributed by atoms with Gasteiger partial charge in [0.05, 0.1) is 5.69 Å². The molecule has 134 valence electrons. The van der Waals surface area contributed by atoms with E-state index in [2.05, 4.69) is 33.7 Å². The highest BCUT2D eigenvalue weighted by molar-refractivity contribution is 7.10. The topological polar surface area (TPSA) is 50.2 Å². The van der Waals surface area contributed by atoms with E-state index in [0.717, 1.165) is 37.2 Å². The first-order chi connectivity index (χ1) is 12.1. The Morgan fingerprint density at radius 3 is 3.12 bits per heavy atom. The lowest BCUT2D eigenvalue weighted by atomic mass is 9.94. The number of hydrogen-bond donors (Lipinski definition) is 1. The first-order valence-corrected chi connectivity index (χ1v) is 10.2. The third kappa shape index (κ3) is 3.13. The quantitative estimate of drug-likeness (QED) is 0.914. The highest BCUT2D eigenvalue weighted by Crippen LogP contribution is 2.37. The number of likely N-dealkylation sites (tertiary alicyclic amines) is 1. The molecule has 1 aliphatic carbocycles. The van der Waals surface area contributed by atoms with Crippen LogP contribution in [-0.2, 0) is 19.9 Å². The van der Waals surface area contributed by atoms with Crippen LogP contribution in [-0.4, -0.2) is 46.3 Å². The van der Waals surface area contributed by atoms with Crippen LogP contribution in [0, 0.1) is 0 Å². The average Bonchev–Trinajstić information content (AvgIpc) is 3.20. The van der Waals surface area contributed by atoms with Gasteiger partial charge in [0.1, 0.15) is 0 Å². The van der Waals surface area contributed by atoms with E-state index in [1.54, 1.807) is 11.3 Å². The molecule has 4 rings (SSSR count). The summed E-state index contributed by atoms with van der Waals surface area (Å²) in [7, 11) is 1.94. The number of amides is 1. The van der Waals surface area contributed by atoms with E-state index in [1.165, 1.54) is 29.7 Å². The highest BCUT2D eigenvalue weighted by atomic mass is 32.1. The van der Waals surface area contributed by atoms with Gasteiger partial charge in [-0.05, 0) is 50.6 Å². The molecule has 1 aliphatic heterocycles. The molecule has 2 aliphatic rings. The minimum absolute atomic E-state index is 0.0276. The van der Waals surface area contributed by atoms with E-state index in [0.29, 0.717) is 18.3 Å². The zero-order chi connectivity index (χ0) is 17.4. The molecule has 0 saturated carbocycles. The van der Waals surface area contributed by atoms with Crippen LogP contribution >= 0.6 is 11.3 Å². The number of thiophene rings is 1. The number of hydrogen-bond acceptors (Lipinski definition) is 4. The number of aromatic nitrogens is 2. The molecule has 1 atom stereocenters. The van der Waals surface area contributed by atoms with Crippen molar-refractivity contribution in [2.75, 3.05) is 19.6 Å². The number of piperidine rings is 1. The van der Waals surface area contributed by atoms with Gasteiger partial charge in [0.15, 0.2) is 5.69 Å². The maximum Gasteiger partial charge on any atom is 0.272 e. The number of rotatable bonds is 4. The van der Waals surface area contributed by atoms with Crippen LogP contribution < -0.4 is 5.32 Å². The van der Waals surface area contributed by atoms with E-state index in [9.17, 15) is 4.79 Å². The van der Waals surface area contributed by atoms with Crippen LogP contribution in [0.15, 0.2) is 11.4 Å². The third-order valence-corrected chi connectivity index (χ3v) is 6.57. The number of carbonyl (C=O) groups excluding carboxylic acids is 1. The largest absolute Gasteiger partial charge is 0.349 e. The van der Waals surface area contributed by atoms with Crippen LogP contribution in [0.25, 0.3) is 11.3 Å². The second kappa shape index (κ2) is 6.92. The van der Waals surface area contributed by atoms with Gasteiger partial charge in [0.2, 0.25) is 0 Å².